The van der Waals surface area contributed by atoms with Crippen LogP contribution in [0.15, 0.2) is 29.4 Å². The number of amides is 3. The first-order valence-corrected chi connectivity index (χ1v) is 10.1. The molecular formula is C19H23N7O8. The highest BCUT2D eigenvalue weighted by Crippen LogP contribution is 2.22. The van der Waals surface area contributed by atoms with E-state index in [0.717, 1.165) is 15.9 Å². The number of carbonyl (C=O) groups excluding carboxylic acids is 3. The maximum atomic E-state index is 12.4. The Balaban J connectivity index is 1.46. The van der Waals surface area contributed by atoms with Crippen molar-refractivity contribution in [3.05, 3.63) is 41.2 Å². The lowest BCUT2D eigenvalue weighted by Gasteiger charge is -2.23. The fourth-order valence-electron chi connectivity index (χ4n) is 3.07. The molecular weight excluding hydrogens is 454 g/mol. The van der Waals surface area contributed by atoms with Crippen molar-refractivity contribution < 1.29 is 39.9 Å². The number of imide groups is 1. The minimum absolute atomic E-state index is 0.0333. The molecule has 15 nitrogen and oxygen atoms in total. The van der Waals surface area contributed by atoms with Gasteiger partial charge in [-0.2, -0.15) is 9.90 Å². The molecule has 0 saturated carbocycles. The molecule has 1 aliphatic rings. The van der Waals surface area contributed by atoms with Crippen LogP contribution in [0.25, 0.3) is 0 Å². The van der Waals surface area contributed by atoms with E-state index in [1.54, 1.807) is 24.3 Å². The lowest BCUT2D eigenvalue weighted by Crippen LogP contribution is -2.46. The minimum atomic E-state index is -1.86. The second kappa shape index (κ2) is 11.0. The highest BCUT2D eigenvalue weighted by Gasteiger charge is 2.35. The van der Waals surface area contributed by atoms with Crippen LogP contribution in [0.1, 0.15) is 26.5 Å². The smallest absolute Gasteiger partial charge is 0.263 e. The molecule has 4 atom stereocenters. The van der Waals surface area contributed by atoms with Crippen LogP contribution in [-0.4, -0.2) is 112 Å². The van der Waals surface area contributed by atoms with E-state index in [1.807, 2.05) is 5.43 Å². The molecule has 3 amide bonds. The first-order valence-electron chi connectivity index (χ1n) is 10.1. The molecule has 182 valence electrons. The molecule has 0 fully saturated rings. The predicted octanol–water partition coefficient (Wildman–Crippen LogP) is -3.95. The molecule has 2 aromatic rings. The third kappa shape index (κ3) is 5.64. The van der Waals surface area contributed by atoms with Crippen molar-refractivity contribution in [2.24, 2.45) is 5.10 Å². The third-order valence-corrected chi connectivity index (χ3v) is 4.91. The number of fused-ring (bicyclic) bond motifs is 1. The van der Waals surface area contributed by atoms with Crippen LogP contribution in [0, 0.1) is 0 Å². The van der Waals surface area contributed by atoms with Gasteiger partial charge >= 0.3 is 0 Å². The number of nitrogens with one attached hydrogen (secondary N) is 1. The van der Waals surface area contributed by atoms with Crippen LogP contribution in [-0.2, 0) is 17.8 Å². The van der Waals surface area contributed by atoms with E-state index in [4.69, 9.17) is 5.11 Å². The van der Waals surface area contributed by atoms with Gasteiger partial charge in [0.1, 0.15) is 31.0 Å². The van der Waals surface area contributed by atoms with Gasteiger partial charge in [-0.1, -0.05) is 12.1 Å². The first-order chi connectivity index (χ1) is 16.2. The third-order valence-electron chi connectivity index (χ3n) is 4.91. The Hall–Kier alpha value is -3.63. The van der Waals surface area contributed by atoms with E-state index in [2.05, 4.69) is 20.5 Å². The average molecular weight is 477 g/mol. The van der Waals surface area contributed by atoms with Gasteiger partial charge in [0.15, 0.2) is 5.82 Å². The molecule has 0 radical (unpaired) electrons. The quantitative estimate of drug-likeness (QED) is 0.104. The normalized spacial score (nSPS) is 17.0. The van der Waals surface area contributed by atoms with Crippen LogP contribution in [0.4, 0.5) is 0 Å². The maximum absolute atomic E-state index is 12.4. The summed E-state index contributed by atoms with van der Waals surface area (Å²) in [7, 11) is 0. The fourth-order valence-corrected chi connectivity index (χ4v) is 3.07. The number of aromatic nitrogens is 4. The largest absolute Gasteiger partial charge is 0.394 e. The van der Waals surface area contributed by atoms with Gasteiger partial charge in [-0.25, -0.2) is 5.43 Å². The van der Waals surface area contributed by atoms with Gasteiger partial charge in [0.05, 0.1) is 23.9 Å². The van der Waals surface area contributed by atoms with Crippen LogP contribution >= 0.6 is 0 Å². The molecule has 0 spiro atoms. The number of aliphatic hydroxyl groups excluding tert-OH is 5. The molecule has 6 N–H and O–H groups in total. The number of nitrogens with zero attached hydrogens (tertiary/aromatic N) is 6. The molecule has 0 bridgehead atoms. The summed E-state index contributed by atoms with van der Waals surface area (Å²) in [6, 6.07) is 6.49. The van der Waals surface area contributed by atoms with Gasteiger partial charge in [0.25, 0.3) is 17.7 Å². The summed E-state index contributed by atoms with van der Waals surface area (Å²) in [5.41, 5.74) is 2.71. The Kier molecular flexibility index (Phi) is 8.08. The summed E-state index contributed by atoms with van der Waals surface area (Å²) in [6.45, 7) is -1.20. The van der Waals surface area contributed by atoms with Gasteiger partial charge in [-0.3, -0.25) is 19.3 Å². The van der Waals surface area contributed by atoms with E-state index in [9.17, 15) is 34.8 Å². The Bertz CT molecular complexity index is 1040. The van der Waals surface area contributed by atoms with E-state index in [-0.39, 0.29) is 18.8 Å². The standard InChI is InChI=1S/C19H23N7O8/c27-9-13(29)17(32)16(31)12(28)7-20-22-15(30)8-26-23-14(21-24-26)5-6-25-18(33)10-3-1-2-4-11(10)19(25)34/h1-4,7,12-13,16-17,27-29,31-32H,5-6,8-9H2,(H,22,30)/b20-7-/t12-,13+,16+,17-/m0/s1. The SMILES string of the molecule is O=C(Cn1nnc(CCN2C(=O)c3ccccc3C2=O)n1)N/N=C\[C@H](O)[C@@H](O)[C@@H](O)[C@H](O)CO. The molecule has 0 unspecified atom stereocenters. The van der Waals surface area contributed by atoms with Crippen molar-refractivity contribution in [3.8, 4) is 0 Å². The maximum Gasteiger partial charge on any atom is 0.263 e. The molecule has 0 aliphatic carbocycles. The predicted molar refractivity (Wildman–Crippen MR) is 111 cm³/mol. The average Bonchev–Trinajstić information content (AvgIpc) is 3.38. The summed E-state index contributed by atoms with van der Waals surface area (Å²) >= 11 is 0. The number of hydrogen-bond donors (Lipinski definition) is 6. The zero-order chi connectivity index (χ0) is 24.8. The molecule has 34 heavy (non-hydrogen) atoms. The molecule has 1 aliphatic heterocycles. The molecule has 0 saturated heterocycles. The van der Waals surface area contributed by atoms with Crippen LogP contribution in [0.2, 0.25) is 0 Å². The highest BCUT2D eigenvalue weighted by molar-refractivity contribution is 6.21. The monoisotopic (exact) mass is 477 g/mol. The number of aliphatic hydroxyl groups is 5. The number of rotatable bonds is 11. The van der Waals surface area contributed by atoms with Crippen molar-refractivity contribution in [1.29, 1.82) is 0 Å². The van der Waals surface area contributed by atoms with E-state index in [1.165, 1.54) is 0 Å². The molecule has 1 aromatic heterocycles. The number of tetrazole rings is 1. The topological polar surface area (TPSA) is 224 Å². The highest BCUT2D eigenvalue weighted by atomic mass is 16.4. The van der Waals surface area contributed by atoms with Crippen molar-refractivity contribution in [3.63, 3.8) is 0 Å². The molecule has 15 heteroatoms. The van der Waals surface area contributed by atoms with Gasteiger partial charge in [0, 0.05) is 13.0 Å². The van der Waals surface area contributed by atoms with Crippen LogP contribution in [0.5, 0.6) is 0 Å². The second-order valence-electron chi connectivity index (χ2n) is 7.33. The zero-order valence-corrected chi connectivity index (χ0v) is 17.7. The number of carbonyl (C=O) groups is 3. The Labute approximate surface area is 191 Å². The zero-order valence-electron chi connectivity index (χ0n) is 17.7. The Morgan fingerprint density at radius 2 is 1.74 bits per heavy atom. The summed E-state index contributed by atoms with van der Waals surface area (Å²) < 4.78 is 0. The second-order valence-corrected chi connectivity index (χ2v) is 7.33. The van der Waals surface area contributed by atoms with E-state index in [0.29, 0.717) is 11.1 Å². The van der Waals surface area contributed by atoms with Crippen LogP contribution < -0.4 is 5.43 Å². The summed E-state index contributed by atoms with van der Waals surface area (Å²) in [5, 5.41) is 61.7. The molecule has 2 heterocycles. The minimum Gasteiger partial charge on any atom is -0.394 e. The number of benzene rings is 1. The van der Waals surface area contributed by atoms with Crippen molar-refractivity contribution in [1.82, 2.24) is 30.5 Å². The van der Waals surface area contributed by atoms with Crippen molar-refractivity contribution in [2.75, 3.05) is 13.2 Å². The van der Waals surface area contributed by atoms with Gasteiger partial charge < -0.3 is 25.5 Å². The molecule has 1 aromatic carbocycles. The number of hydrazone groups is 1. The lowest BCUT2D eigenvalue weighted by molar-refractivity contribution is -0.122. The lowest BCUT2D eigenvalue weighted by atomic mass is 10.0. The van der Waals surface area contributed by atoms with Crippen LogP contribution in [0.3, 0.4) is 0 Å². The van der Waals surface area contributed by atoms with Gasteiger partial charge in [-0.05, 0) is 17.3 Å². The van der Waals surface area contributed by atoms with Gasteiger partial charge in [0.2, 0.25) is 0 Å². The van der Waals surface area contributed by atoms with Gasteiger partial charge in [-0.15, -0.1) is 10.2 Å². The Morgan fingerprint density at radius 3 is 2.35 bits per heavy atom. The summed E-state index contributed by atoms with van der Waals surface area (Å²) in [4.78, 5) is 38.7. The van der Waals surface area contributed by atoms with Crippen molar-refractivity contribution in [2.45, 2.75) is 37.4 Å². The van der Waals surface area contributed by atoms with E-state index >= 15 is 0 Å². The molecule has 3 rings (SSSR count). The summed E-state index contributed by atoms with van der Waals surface area (Å²) in [6.07, 6.45) is -6.26. The number of hydrogen-bond acceptors (Lipinski definition) is 12. The fraction of sp³-hybridized carbons (Fsp3) is 0.421. The Morgan fingerprint density at radius 1 is 1.09 bits per heavy atom. The van der Waals surface area contributed by atoms with Crippen molar-refractivity contribution >= 4 is 23.9 Å². The van der Waals surface area contributed by atoms with E-state index < -0.39 is 55.3 Å². The summed E-state index contributed by atoms with van der Waals surface area (Å²) in [5.74, 6) is -1.33. The first kappa shape index (κ1) is 25.0.